The number of nitrogens with zero attached hydrogens (tertiary/aromatic N) is 2. The van der Waals surface area contributed by atoms with Crippen molar-refractivity contribution in [1.29, 1.82) is 0 Å². The molecule has 0 fully saturated rings. The molecule has 3 N–H and O–H groups in total. The molecule has 4 aromatic rings. The first-order valence-electron chi connectivity index (χ1n) is 9.98. The van der Waals surface area contributed by atoms with E-state index < -0.39 is 16.4 Å². The van der Waals surface area contributed by atoms with Gasteiger partial charge in [0.05, 0.1) is 11.1 Å². The van der Waals surface area contributed by atoms with Crippen molar-refractivity contribution < 1.29 is 19.9 Å². The summed E-state index contributed by atoms with van der Waals surface area (Å²) in [7, 11) is 0. The molecule has 4 rings (SSSR count). The predicted octanol–water partition coefficient (Wildman–Crippen LogP) is 3.84. The molecule has 0 unspecified atom stereocenters. The van der Waals surface area contributed by atoms with Crippen LogP contribution in [0.25, 0.3) is 10.8 Å². The van der Waals surface area contributed by atoms with Gasteiger partial charge in [0, 0.05) is 17.7 Å². The van der Waals surface area contributed by atoms with Gasteiger partial charge in [0.1, 0.15) is 5.75 Å². The molecular formula is C25H19N3O5. The minimum atomic E-state index is -2.00. The molecular weight excluding hydrogens is 422 g/mol. The van der Waals surface area contributed by atoms with Crippen molar-refractivity contribution in [2.24, 2.45) is 5.10 Å². The largest absolute Gasteiger partial charge is 0.507 e. The zero-order chi connectivity index (χ0) is 23.4. The van der Waals surface area contributed by atoms with Crippen molar-refractivity contribution in [3.63, 3.8) is 0 Å². The third-order valence-electron chi connectivity index (χ3n) is 5.30. The number of phenolic OH excluding ortho intramolecular Hbond substituents is 1. The number of amides is 1. The van der Waals surface area contributed by atoms with Gasteiger partial charge >= 0.3 is 0 Å². The fourth-order valence-electron chi connectivity index (χ4n) is 3.60. The summed E-state index contributed by atoms with van der Waals surface area (Å²) in [5, 5.41) is 37.7. The molecule has 8 nitrogen and oxygen atoms in total. The number of hydrogen-bond donors (Lipinski definition) is 3. The number of nitrogens with one attached hydrogen (secondary N) is 1. The number of aromatic hydroxyl groups is 1. The molecule has 8 heteroatoms. The molecule has 4 aromatic carbocycles. The Bertz CT molecular complexity index is 1320. The first kappa shape index (κ1) is 21.7. The average molecular weight is 441 g/mol. The van der Waals surface area contributed by atoms with Crippen LogP contribution in [0.1, 0.15) is 16.7 Å². The van der Waals surface area contributed by atoms with Gasteiger partial charge in [-0.15, -0.1) is 0 Å². The quantitative estimate of drug-likeness (QED) is 0.238. The Hall–Kier alpha value is -4.56. The van der Waals surface area contributed by atoms with Crippen LogP contribution in [0.5, 0.6) is 5.75 Å². The highest BCUT2D eigenvalue weighted by Gasteiger charge is 2.39. The Morgan fingerprint density at radius 2 is 1.55 bits per heavy atom. The number of aliphatic hydroxyl groups is 1. The van der Waals surface area contributed by atoms with Gasteiger partial charge in [0.25, 0.3) is 11.6 Å². The van der Waals surface area contributed by atoms with E-state index in [-0.39, 0.29) is 17.0 Å². The number of nitro groups is 1. The normalized spacial score (nSPS) is 11.5. The van der Waals surface area contributed by atoms with E-state index >= 15 is 0 Å². The molecule has 0 radical (unpaired) electrons. The van der Waals surface area contributed by atoms with Gasteiger partial charge < -0.3 is 10.2 Å². The Kier molecular flexibility index (Phi) is 5.84. The van der Waals surface area contributed by atoms with Crippen molar-refractivity contribution in [2.45, 2.75) is 5.60 Å². The zero-order valence-corrected chi connectivity index (χ0v) is 17.3. The zero-order valence-electron chi connectivity index (χ0n) is 17.3. The highest BCUT2D eigenvalue weighted by molar-refractivity contribution is 6.03. The van der Waals surface area contributed by atoms with Crippen LogP contribution in [0.3, 0.4) is 0 Å². The Balaban J connectivity index is 1.67. The van der Waals surface area contributed by atoms with Gasteiger partial charge in [0.2, 0.25) is 0 Å². The molecule has 0 saturated carbocycles. The number of nitro benzene ring substituents is 1. The summed E-state index contributed by atoms with van der Waals surface area (Å²) in [5.74, 6) is -0.901. The minimum absolute atomic E-state index is 0.0832. The van der Waals surface area contributed by atoms with E-state index in [9.17, 15) is 25.1 Å². The van der Waals surface area contributed by atoms with Crippen molar-refractivity contribution >= 4 is 28.6 Å². The van der Waals surface area contributed by atoms with Crippen LogP contribution in [0.4, 0.5) is 5.69 Å². The van der Waals surface area contributed by atoms with Gasteiger partial charge in [-0.25, -0.2) is 5.43 Å². The lowest BCUT2D eigenvalue weighted by molar-refractivity contribution is -0.384. The molecule has 0 spiro atoms. The molecule has 33 heavy (non-hydrogen) atoms. The van der Waals surface area contributed by atoms with Crippen molar-refractivity contribution in [3.05, 3.63) is 118 Å². The minimum Gasteiger partial charge on any atom is -0.507 e. The number of hydrogen-bond acceptors (Lipinski definition) is 6. The Morgan fingerprint density at radius 1 is 0.939 bits per heavy atom. The summed E-state index contributed by atoms with van der Waals surface area (Å²) >= 11 is 0. The van der Waals surface area contributed by atoms with E-state index in [1.807, 2.05) is 0 Å². The molecule has 164 valence electrons. The summed E-state index contributed by atoms with van der Waals surface area (Å²) in [6, 6.07) is 24.1. The molecule has 0 atom stereocenters. The molecule has 0 aliphatic heterocycles. The Morgan fingerprint density at radius 3 is 2.12 bits per heavy atom. The van der Waals surface area contributed by atoms with Crippen molar-refractivity contribution in [3.8, 4) is 5.75 Å². The van der Waals surface area contributed by atoms with Crippen LogP contribution in [-0.4, -0.2) is 27.3 Å². The molecule has 0 heterocycles. The van der Waals surface area contributed by atoms with Gasteiger partial charge in [0.15, 0.2) is 5.60 Å². The number of carbonyl (C=O) groups is 1. The van der Waals surface area contributed by atoms with Crippen LogP contribution in [0.15, 0.2) is 96.1 Å². The lowest BCUT2D eigenvalue weighted by Crippen LogP contribution is -2.43. The van der Waals surface area contributed by atoms with Gasteiger partial charge in [-0.05, 0) is 34.0 Å². The maximum absolute atomic E-state index is 13.1. The lowest BCUT2D eigenvalue weighted by Gasteiger charge is -2.27. The van der Waals surface area contributed by atoms with Gasteiger partial charge in [-0.2, -0.15) is 5.10 Å². The molecule has 0 saturated heterocycles. The Labute approximate surface area is 188 Å². The third-order valence-corrected chi connectivity index (χ3v) is 5.30. The van der Waals surface area contributed by atoms with Crippen LogP contribution < -0.4 is 5.43 Å². The number of fused-ring (bicyclic) bond motifs is 1. The van der Waals surface area contributed by atoms with Crippen LogP contribution in [-0.2, 0) is 10.4 Å². The fourth-order valence-corrected chi connectivity index (χ4v) is 3.60. The number of benzene rings is 4. The van der Waals surface area contributed by atoms with Crippen molar-refractivity contribution in [1.82, 2.24) is 5.43 Å². The molecule has 0 bridgehead atoms. The lowest BCUT2D eigenvalue weighted by atomic mass is 9.85. The molecule has 1 amide bonds. The smallest absolute Gasteiger partial charge is 0.281 e. The standard InChI is InChI=1S/C25H19N3O5/c29-23-14-11-17-15-20(28(32)33)12-13-21(17)22(23)16-26-27-24(30)25(31,18-7-3-1-4-8-18)19-9-5-2-6-10-19/h1-16,29,31H,(H,27,30). The third kappa shape index (κ3) is 4.15. The van der Waals surface area contributed by atoms with Crippen LogP contribution in [0, 0.1) is 10.1 Å². The highest BCUT2D eigenvalue weighted by atomic mass is 16.6. The maximum Gasteiger partial charge on any atom is 0.281 e. The summed E-state index contributed by atoms with van der Waals surface area (Å²) in [4.78, 5) is 23.6. The van der Waals surface area contributed by atoms with E-state index in [2.05, 4.69) is 10.5 Å². The second-order valence-electron chi connectivity index (χ2n) is 7.30. The van der Waals surface area contributed by atoms with Crippen LogP contribution in [0.2, 0.25) is 0 Å². The first-order chi connectivity index (χ1) is 15.9. The monoisotopic (exact) mass is 441 g/mol. The average Bonchev–Trinajstić information content (AvgIpc) is 2.85. The summed E-state index contributed by atoms with van der Waals surface area (Å²) < 4.78 is 0. The van der Waals surface area contributed by atoms with Gasteiger partial charge in [-0.3, -0.25) is 14.9 Å². The molecule has 0 aliphatic rings. The summed E-state index contributed by atoms with van der Waals surface area (Å²) in [6.07, 6.45) is 1.23. The van der Waals surface area contributed by atoms with Gasteiger partial charge in [-0.1, -0.05) is 66.7 Å². The molecule has 0 aromatic heterocycles. The van der Waals surface area contributed by atoms with E-state index in [0.29, 0.717) is 21.9 Å². The number of carbonyl (C=O) groups excluding carboxylic acids is 1. The van der Waals surface area contributed by atoms with E-state index in [4.69, 9.17) is 0 Å². The number of hydrazone groups is 1. The summed E-state index contributed by atoms with van der Waals surface area (Å²) in [6.45, 7) is 0. The van der Waals surface area contributed by atoms with E-state index in [0.717, 1.165) is 0 Å². The second kappa shape index (κ2) is 8.89. The first-order valence-corrected chi connectivity index (χ1v) is 9.98. The fraction of sp³-hybridized carbons (Fsp3) is 0.0400. The highest BCUT2D eigenvalue weighted by Crippen LogP contribution is 2.31. The van der Waals surface area contributed by atoms with E-state index in [1.165, 1.54) is 30.5 Å². The van der Waals surface area contributed by atoms with E-state index in [1.54, 1.807) is 66.7 Å². The SMILES string of the molecule is O=C(NN=Cc1c(O)ccc2cc([N+](=O)[O-])ccc12)C(O)(c1ccccc1)c1ccccc1. The van der Waals surface area contributed by atoms with Crippen molar-refractivity contribution in [2.75, 3.05) is 0 Å². The molecule has 0 aliphatic carbocycles. The maximum atomic E-state index is 13.1. The number of non-ortho nitro benzene ring substituents is 1. The predicted molar refractivity (Wildman–Crippen MR) is 124 cm³/mol. The second-order valence-corrected chi connectivity index (χ2v) is 7.30. The van der Waals surface area contributed by atoms with Crippen LogP contribution >= 0.6 is 0 Å². The topological polar surface area (TPSA) is 125 Å². The number of rotatable bonds is 6. The summed E-state index contributed by atoms with van der Waals surface area (Å²) in [5.41, 5.74) is 1.27. The number of phenols is 1.